The third-order valence-electron chi connectivity index (χ3n) is 4.83. The van der Waals surface area contributed by atoms with Crippen LogP contribution in [0.1, 0.15) is 41.8 Å². The Hall–Kier alpha value is -2.70. The van der Waals surface area contributed by atoms with E-state index in [0.29, 0.717) is 24.7 Å². The Labute approximate surface area is 166 Å². The Kier molecular flexibility index (Phi) is 7.72. The molecule has 0 atom stereocenters. The van der Waals surface area contributed by atoms with Gasteiger partial charge in [0.15, 0.2) is 0 Å². The molecular formula is C22H29N3O3. The summed E-state index contributed by atoms with van der Waals surface area (Å²) in [6.45, 7) is 3.12. The second kappa shape index (κ2) is 10.0. The van der Waals surface area contributed by atoms with E-state index in [-0.39, 0.29) is 18.8 Å². The van der Waals surface area contributed by atoms with Crippen molar-refractivity contribution in [2.24, 2.45) is 11.7 Å². The van der Waals surface area contributed by atoms with Crippen LogP contribution in [0.15, 0.2) is 42.5 Å². The van der Waals surface area contributed by atoms with E-state index in [0.717, 1.165) is 42.6 Å². The number of benzene rings is 2. The van der Waals surface area contributed by atoms with E-state index < -0.39 is 5.97 Å². The van der Waals surface area contributed by atoms with Crippen LogP contribution in [0.5, 0.6) is 0 Å². The SMILES string of the molecule is C.N=C(N)c1cccc(-c2cc(COCC3CCNCC3)cc(C(=O)O)c2)c1. The Morgan fingerprint density at radius 2 is 1.86 bits per heavy atom. The van der Waals surface area contributed by atoms with E-state index in [2.05, 4.69) is 5.32 Å². The van der Waals surface area contributed by atoms with E-state index in [1.165, 1.54) is 0 Å². The van der Waals surface area contributed by atoms with Crippen molar-refractivity contribution in [3.63, 3.8) is 0 Å². The topological polar surface area (TPSA) is 108 Å². The molecule has 1 heterocycles. The number of carboxylic acids is 1. The molecule has 0 radical (unpaired) electrons. The second-order valence-electron chi connectivity index (χ2n) is 6.93. The Balaban J connectivity index is 0.00000280. The fourth-order valence-corrected chi connectivity index (χ4v) is 3.32. The van der Waals surface area contributed by atoms with Crippen LogP contribution in [0, 0.1) is 11.3 Å². The van der Waals surface area contributed by atoms with Crippen LogP contribution in [-0.4, -0.2) is 36.6 Å². The molecule has 6 nitrogen and oxygen atoms in total. The molecule has 5 N–H and O–H groups in total. The van der Waals surface area contributed by atoms with E-state index in [1.807, 2.05) is 18.2 Å². The van der Waals surface area contributed by atoms with Gasteiger partial charge in [-0.05, 0) is 72.8 Å². The fraction of sp³-hybridized carbons (Fsp3) is 0.364. The zero-order valence-electron chi connectivity index (χ0n) is 15.2. The summed E-state index contributed by atoms with van der Waals surface area (Å²) in [5.74, 6) is -0.434. The Bertz CT molecular complexity index is 830. The van der Waals surface area contributed by atoms with Crippen molar-refractivity contribution < 1.29 is 14.6 Å². The standard InChI is InChI=1S/C21H25N3O3.CH4/c22-20(23)17-3-1-2-16(10-17)18-8-15(9-19(11-18)21(25)26)13-27-12-14-4-6-24-7-5-14;/h1-3,8-11,14,24H,4-7,12-13H2,(H3,22,23)(H,25,26);1H4. The minimum Gasteiger partial charge on any atom is -0.478 e. The number of ether oxygens (including phenoxy) is 1. The first-order valence-corrected chi connectivity index (χ1v) is 9.13. The van der Waals surface area contributed by atoms with Crippen LogP contribution in [0.4, 0.5) is 0 Å². The minimum atomic E-state index is -0.973. The predicted molar refractivity (Wildman–Crippen MR) is 112 cm³/mol. The zero-order chi connectivity index (χ0) is 19.2. The lowest BCUT2D eigenvalue weighted by Gasteiger charge is -2.22. The van der Waals surface area contributed by atoms with Gasteiger partial charge >= 0.3 is 5.97 Å². The van der Waals surface area contributed by atoms with Crippen LogP contribution in [0.3, 0.4) is 0 Å². The molecular weight excluding hydrogens is 354 g/mol. The summed E-state index contributed by atoms with van der Waals surface area (Å²) in [4.78, 5) is 11.5. The molecule has 1 aliphatic rings. The highest BCUT2D eigenvalue weighted by Crippen LogP contribution is 2.24. The second-order valence-corrected chi connectivity index (χ2v) is 6.93. The van der Waals surface area contributed by atoms with E-state index in [1.54, 1.807) is 24.3 Å². The highest BCUT2D eigenvalue weighted by Gasteiger charge is 2.14. The van der Waals surface area contributed by atoms with Crippen LogP contribution < -0.4 is 11.1 Å². The van der Waals surface area contributed by atoms with Crippen LogP contribution in [0.25, 0.3) is 11.1 Å². The first-order valence-electron chi connectivity index (χ1n) is 9.13. The van der Waals surface area contributed by atoms with Crippen LogP contribution in [-0.2, 0) is 11.3 Å². The lowest BCUT2D eigenvalue weighted by Crippen LogP contribution is -2.29. The Morgan fingerprint density at radius 1 is 1.14 bits per heavy atom. The Morgan fingerprint density at radius 3 is 2.54 bits per heavy atom. The molecule has 150 valence electrons. The number of nitrogen functional groups attached to an aromatic ring is 1. The van der Waals surface area contributed by atoms with Crippen molar-refractivity contribution in [2.45, 2.75) is 26.9 Å². The van der Waals surface area contributed by atoms with Gasteiger partial charge in [0.1, 0.15) is 5.84 Å². The molecule has 0 aliphatic carbocycles. The predicted octanol–water partition coefficient (Wildman–Crippen LogP) is 3.49. The number of aromatic carboxylic acids is 1. The molecule has 0 aromatic heterocycles. The van der Waals surface area contributed by atoms with Gasteiger partial charge in [0.25, 0.3) is 0 Å². The summed E-state index contributed by atoms with van der Waals surface area (Å²) in [6.07, 6.45) is 2.22. The minimum absolute atomic E-state index is 0. The smallest absolute Gasteiger partial charge is 0.335 e. The lowest BCUT2D eigenvalue weighted by molar-refractivity contribution is 0.0693. The molecule has 0 unspecified atom stereocenters. The maximum absolute atomic E-state index is 11.5. The molecule has 0 saturated carbocycles. The molecule has 2 aromatic rings. The van der Waals surface area contributed by atoms with Gasteiger partial charge in [-0.1, -0.05) is 25.6 Å². The van der Waals surface area contributed by atoms with Gasteiger partial charge < -0.3 is 20.9 Å². The summed E-state index contributed by atoms with van der Waals surface area (Å²) in [5.41, 5.74) is 8.83. The molecule has 1 fully saturated rings. The van der Waals surface area contributed by atoms with E-state index >= 15 is 0 Å². The molecule has 0 amide bonds. The van der Waals surface area contributed by atoms with Crippen LogP contribution in [0.2, 0.25) is 0 Å². The molecule has 1 aliphatic heterocycles. The van der Waals surface area contributed by atoms with Gasteiger partial charge in [-0.15, -0.1) is 0 Å². The number of amidine groups is 1. The molecule has 3 rings (SSSR count). The van der Waals surface area contributed by atoms with Gasteiger partial charge in [-0.25, -0.2) is 4.79 Å². The number of nitrogens with one attached hydrogen (secondary N) is 2. The van der Waals surface area contributed by atoms with Gasteiger partial charge in [0.2, 0.25) is 0 Å². The molecule has 6 heteroatoms. The highest BCUT2D eigenvalue weighted by atomic mass is 16.5. The van der Waals surface area contributed by atoms with Crippen molar-refractivity contribution in [1.82, 2.24) is 5.32 Å². The van der Waals surface area contributed by atoms with Gasteiger partial charge in [0.05, 0.1) is 12.2 Å². The number of rotatable bonds is 7. The number of nitrogens with two attached hydrogens (primary N) is 1. The number of piperidine rings is 1. The average molecular weight is 383 g/mol. The third kappa shape index (κ3) is 5.65. The van der Waals surface area contributed by atoms with Crippen molar-refractivity contribution in [3.8, 4) is 11.1 Å². The number of hydrogen-bond donors (Lipinski definition) is 4. The maximum atomic E-state index is 11.5. The molecule has 0 spiro atoms. The van der Waals surface area contributed by atoms with Gasteiger partial charge in [-0.3, -0.25) is 5.41 Å². The average Bonchev–Trinajstić information content (AvgIpc) is 2.68. The van der Waals surface area contributed by atoms with Gasteiger partial charge in [-0.2, -0.15) is 0 Å². The molecule has 1 saturated heterocycles. The monoisotopic (exact) mass is 383 g/mol. The van der Waals surface area contributed by atoms with Gasteiger partial charge in [0, 0.05) is 12.2 Å². The fourth-order valence-electron chi connectivity index (χ4n) is 3.32. The third-order valence-corrected chi connectivity index (χ3v) is 4.83. The first-order chi connectivity index (χ1) is 13.0. The lowest BCUT2D eigenvalue weighted by atomic mass is 9.98. The van der Waals surface area contributed by atoms with Crippen molar-refractivity contribution in [1.29, 1.82) is 5.41 Å². The number of carbonyl (C=O) groups is 1. The quantitative estimate of drug-likeness (QED) is 0.432. The number of hydrogen-bond acceptors (Lipinski definition) is 4. The van der Waals surface area contributed by atoms with Crippen LogP contribution >= 0.6 is 0 Å². The van der Waals surface area contributed by atoms with E-state index in [4.69, 9.17) is 15.9 Å². The molecule has 28 heavy (non-hydrogen) atoms. The number of carboxylic acid groups (broad SMARTS) is 1. The van der Waals surface area contributed by atoms with Crippen molar-refractivity contribution in [3.05, 3.63) is 59.2 Å². The molecule has 0 bridgehead atoms. The highest BCUT2D eigenvalue weighted by molar-refractivity contribution is 5.96. The summed E-state index contributed by atoms with van der Waals surface area (Å²) < 4.78 is 5.87. The molecule has 2 aromatic carbocycles. The zero-order valence-corrected chi connectivity index (χ0v) is 15.2. The normalized spacial score (nSPS) is 14.3. The van der Waals surface area contributed by atoms with E-state index in [9.17, 15) is 9.90 Å². The van der Waals surface area contributed by atoms with Crippen molar-refractivity contribution >= 4 is 11.8 Å². The summed E-state index contributed by atoms with van der Waals surface area (Å²) >= 11 is 0. The summed E-state index contributed by atoms with van der Waals surface area (Å²) in [5, 5.41) is 20.4. The summed E-state index contributed by atoms with van der Waals surface area (Å²) in [7, 11) is 0. The first kappa shape index (κ1) is 21.6. The largest absolute Gasteiger partial charge is 0.478 e. The van der Waals surface area contributed by atoms with Crippen molar-refractivity contribution in [2.75, 3.05) is 19.7 Å². The summed E-state index contributed by atoms with van der Waals surface area (Å²) in [6, 6.07) is 12.5. The maximum Gasteiger partial charge on any atom is 0.335 e.